The van der Waals surface area contributed by atoms with Crippen molar-refractivity contribution in [1.82, 2.24) is 4.90 Å². The Balaban J connectivity index is 2.96. The summed E-state index contributed by atoms with van der Waals surface area (Å²) in [5, 5.41) is 11.9. The lowest BCUT2D eigenvalue weighted by molar-refractivity contribution is 0.0698. The zero-order chi connectivity index (χ0) is 16.4. The number of rotatable bonds is 3. The first-order chi connectivity index (χ1) is 9.54. The maximum absolute atomic E-state index is 12.3. The highest BCUT2D eigenvalue weighted by Gasteiger charge is 2.27. The molecule has 0 saturated heterocycles. The number of anilines is 1. The van der Waals surface area contributed by atoms with Crippen LogP contribution in [0, 0.1) is 5.41 Å². The number of nitrogens with zero attached hydrogens (tertiary/aromatic N) is 1. The van der Waals surface area contributed by atoms with Gasteiger partial charge in [-0.15, -0.1) is 0 Å². The Hall–Kier alpha value is -1.56. The van der Waals surface area contributed by atoms with Gasteiger partial charge < -0.3 is 15.3 Å². The summed E-state index contributed by atoms with van der Waals surface area (Å²) >= 11 is 3.22. The smallest absolute Gasteiger partial charge is 0.337 e. The third kappa shape index (κ3) is 4.46. The molecule has 0 bridgehead atoms. The lowest BCUT2D eigenvalue weighted by Gasteiger charge is -2.35. The second-order valence-electron chi connectivity index (χ2n) is 6.08. The number of nitrogens with one attached hydrogen (secondary N) is 1. The van der Waals surface area contributed by atoms with Crippen molar-refractivity contribution >= 4 is 33.6 Å². The molecule has 1 rings (SSSR count). The molecule has 0 heterocycles. The number of carbonyl (C=O) groups excluding carboxylic acids is 1. The van der Waals surface area contributed by atoms with Gasteiger partial charge in [0.15, 0.2) is 0 Å². The second-order valence-corrected chi connectivity index (χ2v) is 6.99. The van der Waals surface area contributed by atoms with Crippen molar-refractivity contribution in [2.45, 2.75) is 33.7 Å². The number of urea groups is 1. The molecule has 0 aromatic heterocycles. The standard InChI is InChI=1S/C15H21BrN2O3/c1-9(15(2,3)4)18(5)14(21)17-12-7-6-10(16)8-11(12)13(19)20/h6-9H,1-5H3,(H,17,21)(H,19,20). The van der Waals surface area contributed by atoms with E-state index in [1.165, 1.54) is 6.07 Å². The van der Waals surface area contributed by atoms with E-state index in [1.54, 1.807) is 24.1 Å². The summed E-state index contributed by atoms with van der Waals surface area (Å²) in [5.74, 6) is -1.09. The number of carboxylic acid groups (broad SMARTS) is 1. The van der Waals surface area contributed by atoms with Gasteiger partial charge in [0.05, 0.1) is 11.3 Å². The van der Waals surface area contributed by atoms with Crippen LogP contribution in [0.1, 0.15) is 38.1 Å². The largest absolute Gasteiger partial charge is 0.478 e. The summed E-state index contributed by atoms with van der Waals surface area (Å²) in [7, 11) is 1.70. The normalized spacial score (nSPS) is 12.7. The van der Waals surface area contributed by atoms with Crippen LogP contribution < -0.4 is 5.32 Å². The molecule has 2 amide bonds. The maximum atomic E-state index is 12.3. The number of halogens is 1. The first kappa shape index (κ1) is 17.5. The monoisotopic (exact) mass is 356 g/mol. The van der Waals surface area contributed by atoms with Crippen LogP contribution in [0.3, 0.4) is 0 Å². The van der Waals surface area contributed by atoms with Crippen molar-refractivity contribution in [3.05, 3.63) is 28.2 Å². The van der Waals surface area contributed by atoms with Crippen molar-refractivity contribution < 1.29 is 14.7 Å². The van der Waals surface area contributed by atoms with Gasteiger partial charge in [0.2, 0.25) is 0 Å². The molecule has 0 saturated carbocycles. The lowest BCUT2D eigenvalue weighted by Crippen LogP contribution is -2.45. The van der Waals surface area contributed by atoms with Gasteiger partial charge in [-0.05, 0) is 30.5 Å². The average Bonchev–Trinajstić information content (AvgIpc) is 2.37. The van der Waals surface area contributed by atoms with Gasteiger partial charge >= 0.3 is 12.0 Å². The average molecular weight is 357 g/mol. The minimum Gasteiger partial charge on any atom is -0.478 e. The van der Waals surface area contributed by atoms with Crippen LogP contribution in [0.25, 0.3) is 0 Å². The molecular formula is C15H21BrN2O3. The molecular weight excluding hydrogens is 336 g/mol. The van der Waals surface area contributed by atoms with Crippen LogP contribution in [0.4, 0.5) is 10.5 Å². The molecule has 0 aliphatic heterocycles. The summed E-state index contributed by atoms with van der Waals surface area (Å²) in [6.45, 7) is 8.09. The van der Waals surface area contributed by atoms with E-state index in [0.29, 0.717) is 4.47 Å². The summed E-state index contributed by atoms with van der Waals surface area (Å²) in [6, 6.07) is 4.39. The highest BCUT2D eigenvalue weighted by Crippen LogP contribution is 2.25. The molecule has 0 aliphatic carbocycles. The van der Waals surface area contributed by atoms with Crippen LogP contribution in [-0.4, -0.2) is 35.1 Å². The van der Waals surface area contributed by atoms with Crippen molar-refractivity contribution in [1.29, 1.82) is 0 Å². The molecule has 0 aliphatic rings. The molecule has 116 valence electrons. The quantitative estimate of drug-likeness (QED) is 0.858. The Morgan fingerprint density at radius 2 is 1.90 bits per heavy atom. The molecule has 1 aromatic rings. The number of carbonyl (C=O) groups is 2. The minimum atomic E-state index is -1.09. The van der Waals surface area contributed by atoms with Gasteiger partial charge in [0, 0.05) is 17.6 Å². The van der Waals surface area contributed by atoms with Gasteiger partial charge in [-0.25, -0.2) is 9.59 Å². The minimum absolute atomic E-state index is 0.00114. The van der Waals surface area contributed by atoms with E-state index in [4.69, 9.17) is 0 Å². The molecule has 1 aromatic carbocycles. The Labute approximate surface area is 133 Å². The lowest BCUT2D eigenvalue weighted by atomic mass is 9.87. The highest BCUT2D eigenvalue weighted by atomic mass is 79.9. The molecule has 0 fully saturated rings. The zero-order valence-corrected chi connectivity index (χ0v) is 14.5. The molecule has 2 N–H and O–H groups in total. The number of aromatic carboxylic acids is 1. The van der Waals surface area contributed by atoms with E-state index >= 15 is 0 Å². The van der Waals surface area contributed by atoms with Gasteiger partial charge in [-0.1, -0.05) is 36.7 Å². The Morgan fingerprint density at radius 1 is 1.33 bits per heavy atom. The van der Waals surface area contributed by atoms with Crippen LogP contribution in [-0.2, 0) is 0 Å². The van der Waals surface area contributed by atoms with Gasteiger partial charge in [0.1, 0.15) is 0 Å². The first-order valence-corrected chi connectivity index (χ1v) is 7.40. The summed E-state index contributed by atoms with van der Waals surface area (Å²) in [4.78, 5) is 25.1. The second kappa shape index (κ2) is 6.47. The molecule has 5 nitrogen and oxygen atoms in total. The van der Waals surface area contributed by atoms with Crippen LogP contribution in [0.5, 0.6) is 0 Å². The summed E-state index contributed by atoms with van der Waals surface area (Å²) < 4.78 is 0.648. The van der Waals surface area contributed by atoms with E-state index in [0.717, 1.165) is 0 Å². The third-order valence-corrected chi connectivity index (χ3v) is 4.10. The topological polar surface area (TPSA) is 69.6 Å². The summed E-state index contributed by atoms with van der Waals surface area (Å²) in [5.41, 5.74) is 0.264. The first-order valence-electron chi connectivity index (χ1n) is 6.60. The molecule has 1 atom stereocenters. The Kier molecular flexibility index (Phi) is 5.39. The SMILES string of the molecule is CC(N(C)C(=O)Nc1ccc(Br)cc1C(=O)O)C(C)(C)C. The Bertz CT molecular complexity index is 552. The van der Waals surface area contributed by atoms with Crippen molar-refractivity contribution in [2.75, 3.05) is 12.4 Å². The fourth-order valence-electron chi connectivity index (χ4n) is 1.76. The number of hydrogen-bond donors (Lipinski definition) is 2. The van der Waals surface area contributed by atoms with Gasteiger partial charge in [0.25, 0.3) is 0 Å². The molecule has 0 spiro atoms. The van der Waals surface area contributed by atoms with Crippen molar-refractivity contribution in [2.24, 2.45) is 5.41 Å². The van der Waals surface area contributed by atoms with E-state index in [9.17, 15) is 14.7 Å². The predicted molar refractivity (Wildman–Crippen MR) is 86.8 cm³/mol. The van der Waals surface area contributed by atoms with E-state index in [2.05, 4.69) is 21.2 Å². The number of amides is 2. The number of hydrogen-bond acceptors (Lipinski definition) is 2. The molecule has 6 heteroatoms. The maximum Gasteiger partial charge on any atom is 0.337 e. The van der Waals surface area contributed by atoms with Crippen LogP contribution in [0.15, 0.2) is 22.7 Å². The van der Waals surface area contributed by atoms with Gasteiger partial charge in [-0.2, -0.15) is 0 Å². The van der Waals surface area contributed by atoms with Crippen molar-refractivity contribution in [3.8, 4) is 0 Å². The third-order valence-electron chi connectivity index (χ3n) is 3.61. The van der Waals surface area contributed by atoms with Crippen molar-refractivity contribution in [3.63, 3.8) is 0 Å². The Morgan fingerprint density at radius 3 is 2.38 bits per heavy atom. The van der Waals surface area contributed by atoms with Crippen LogP contribution in [0.2, 0.25) is 0 Å². The highest BCUT2D eigenvalue weighted by molar-refractivity contribution is 9.10. The van der Waals surface area contributed by atoms with E-state index < -0.39 is 5.97 Å². The fraction of sp³-hybridized carbons (Fsp3) is 0.467. The van der Waals surface area contributed by atoms with E-state index in [1.807, 2.05) is 27.7 Å². The number of benzene rings is 1. The summed E-state index contributed by atoms with van der Waals surface area (Å²) in [6.07, 6.45) is 0. The molecule has 21 heavy (non-hydrogen) atoms. The van der Waals surface area contributed by atoms with Gasteiger partial charge in [-0.3, -0.25) is 0 Å². The van der Waals surface area contributed by atoms with E-state index in [-0.39, 0.29) is 28.7 Å². The predicted octanol–water partition coefficient (Wildman–Crippen LogP) is 4.05. The van der Waals surface area contributed by atoms with Crippen LogP contribution >= 0.6 is 15.9 Å². The fourth-order valence-corrected chi connectivity index (χ4v) is 2.12. The molecule has 0 radical (unpaired) electrons. The number of carboxylic acids is 1. The molecule has 1 unspecified atom stereocenters. The zero-order valence-electron chi connectivity index (χ0n) is 12.9.